The number of aromatic carboxylic acids is 1. The second-order valence-corrected chi connectivity index (χ2v) is 2.38. The van der Waals surface area contributed by atoms with Crippen molar-refractivity contribution < 1.29 is 9.90 Å². The van der Waals surface area contributed by atoms with Crippen LogP contribution >= 0.6 is 0 Å². The van der Waals surface area contributed by atoms with E-state index in [0.29, 0.717) is 6.42 Å². The van der Waals surface area contributed by atoms with Gasteiger partial charge in [-0.2, -0.15) is 5.10 Å². The Morgan fingerprint density at radius 2 is 2.55 bits per heavy atom. The molecule has 11 heavy (non-hydrogen) atoms. The number of nitrogens with one attached hydrogen (secondary N) is 1. The van der Waals surface area contributed by atoms with Gasteiger partial charge in [-0.3, -0.25) is 5.10 Å². The van der Waals surface area contributed by atoms with Crippen LogP contribution in [-0.2, 0) is 6.42 Å². The highest BCUT2D eigenvalue weighted by molar-refractivity contribution is 5.88. The fraction of sp³-hybridized carbons (Fsp3) is 0.143. The number of aromatic nitrogens is 2. The zero-order chi connectivity index (χ0) is 7.84. The number of allylic oxidation sites excluding steroid dienone is 1. The van der Waals surface area contributed by atoms with Gasteiger partial charge in [0.15, 0.2) is 5.69 Å². The summed E-state index contributed by atoms with van der Waals surface area (Å²) in [5.74, 6) is -0.966. The van der Waals surface area contributed by atoms with Gasteiger partial charge < -0.3 is 5.11 Å². The molecular formula is C7H6N2O2. The van der Waals surface area contributed by atoms with Crippen LogP contribution in [0.3, 0.4) is 0 Å². The molecular weight excluding hydrogens is 144 g/mol. The van der Waals surface area contributed by atoms with Crippen molar-refractivity contribution in [3.63, 3.8) is 0 Å². The van der Waals surface area contributed by atoms with Gasteiger partial charge >= 0.3 is 5.97 Å². The summed E-state index contributed by atoms with van der Waals surface area (Å²) in [4.78, 5) is 10.5. The van der Waals surface area contributed by atoms with Crippen LogP contribution in [0.15, 0.2) is 6.08 Å². The maximum absolute atomic E-state index is 10.5. The van der Waals surface area contributed by atoms with Gasteiger partial charge in [0.25, 0.3) is 0 Å². The van der Waals surface area contributed by atoms with Crippen molar-refractivity contribution in [2.24, 2.45) is 0 Å². The minimum Gasteiger partial charge on any atom is -0.476 e. The van der Waals surface area contributed by atoms with Crippen LogP contribution in [0.25, 0.3) is 6.08 Å². The number of hydrogen-bond acceptors (Lipinski definition) is 2. The molecule has 1 aromatic rings. The third kappa shape index (κ3) is 0.756. The molecule has 0 radical (unpaired) electrons. The molecule has 0 bridgehead atoms. The number of carboxylic acid groups (broad SMARTS) is 1. The molecule has 0 fully saturated rings. The molecule has 0 saturated heterocycles. The Morgan fingerprint density at radius 3 is 3.27 bits per heavy atom. The normalized spacial score (nSPS) is 13.5. The number of carbonyl (C=O) groups is 1. The van der Waals surface area contributed by atoms with Crippen LogP contribution in [-0.4, -0.2) is 21.3 Å². The lowest BCUT2D eigenvalue weighted by Crippen LogP contribution is -2.00. The van der Waals surface area contributed by atoms with Crippen LogP contribution in [0.4, 0.5) is 0 Å². The van der Waals surface area contributed by atoms with Gasteiger partial charge in [-0.25, -0.2) is 4.79 Å². The van der Waals surface area contributed by atoms with Gasteiger partial charge in [0.05, 0.1) is 5.69 Å². The Labute approximate surface area is 62.5 Å². The summed E-state index contributed by atoms with van der Waals surface area (Å²) in [6, 6.07) is 0. The summed E-state index contributed by atoms with van der Waals surface area (Å²) in [5, 5.41) is 14.9. The Kier molecular flexibility index (Phi) is 1.09. The molecule has 1 aliphatic carbocycles. The number of aromatic amines is 1. The SMILES string of the molecule is O=C(O)c1n[nH]c2c1CC=C2. The lowest BCUT2D eigenvalue weighted by molar-refractivity contribution is 0.0689. The van der Waals surface area contributed by atoms with Gasteiger partial charge in [-0.15, -0.1) is 0 Å². The minimum atomic E-state index is -0.966. The maximum atomic E-state index is 10.5. The smallest absolute Gasteiger partial charge is 0.356 e. The number of fused-ring (bicyclic) bond motifs is 1. The molecule has 4 nitrogen and oxygen atoms in total. The first kappa shape index (κ1) is 6.15. The van der Waals surface area contributed by atoms with Crippen LogP contribution in [0, 0.1) is 0 Å². The first-order chi connectivity index (χ1) is 5.29. The molecule has 1 aliphatic rings. The highest BCUT2D eigenvalue weighted by Crippen LogP contribution is 2.19. The molecule has 0 atom stereocenters. The summed E-state index contributed by atoms with van der Waals surface area (Å²) in [7, 11) is 0. The minimum absolute atomic E-state index is 0.144. The standard InChI is InChI=1S/C7H6N2O2/c10-7(11)6-4-2-1-3-5(4)8-9-6/h1,3H,2H2,(H,8,9)(H,10,11). The van der Waals surface area contributed by atoms with E-state index in [1.165, 1.54) is 0 Å². The Balaban J connectivity index is 2.55. The Hall–Kier alpha value is -1.58. The van der Waals surface area contributed by atoms with Crippen molar-refractivity contribution >= 4 is 12.0 Å². The number of nitrogens with zero attached hydrogens (tertiary/aromatic N) is 1. The first-order valence-corrected chi connectivity index (χ1v) is 3.26. The summed E-state index contributed by atoms with van der Waals surface area (Å²) in [6.45, 7) is 0. The monoisotopic (exact) mass is 150 g/mol. The highest BCUT2D eigenvalue weighted by Gasteiger charge is 2.18. The predicted molar refractivity (Wildman–Crippen MR) is 38.3 cm³/mol. The second kappa shape index (κ2) is 1.95. The number of H-pyrrole nitrogens is 1. The molecule has 0 aromatic carbocycles. The van der Waals surface area contributed by atoms with Crippen LogP contribution in [0.5, 0.6) is 0 Å². The van der Waals surface area contributed by atoms with Gasteiger partial charge in [-0.05, 0) is 12.5 Å². The van der Waals surface area contributed by atoms with Crippen molar-refractivity contribution in [3.8, 4) is 0 Å². The summed E-state index contributed by atoms with van der Waals surface area (Å²) in [5.41, 5.74) is 1.75. The van der Waals surface area contributed by atoms with Gasteiger partial charge in [0.1, 0.15) is 0 Å². The quantitative estimate of drug-likeness (QED) is 0.618. The van der Waals surface area contributed by atoms with E-state index in [2.05, 4.69) is 10.2 Å². The van der Waals surface area contributed by atoms with Crippen molar-refractivity contribution in [2.75, 3.05) is 0 Å². The van der Waals surface area contributed by atoms with E-state index in [4.69, 9.17) is 5.11 Å². The number of rotatable bonds is 1. The number of carboxylic acids is 1. The average Bonchev–Trinajstić information content (AvgIpc) is 2.41. The van der Waals surface area contributed by atoms with E-state index >= 15 is 0 Å². The molecule has 4 heteroatoms. The average molecular weight is 150 g/mol. The van der Waals surface area contributed by atoms with E-state index in [-0.39, 0.29) is 5.69 Å². The van der Waals surface area contributed by atoms with E-state index < -0.39 is 5.97 Å². The molecule has 2 rings (SSSR count). The second-order valence-electron chi connectivity index (χ2n) is 2.38. The third-order valence-corrected chi connectivity index (χ3v) is 1.71. The zero-order valence-electron chi connectivity index (χ0n) is 5.66. The predicted octanol–water partition coefficient (Wildman–Crippen LogP) is 0.677. The molecule has 0 amide bonds. The van der Waals surface area contributed by atoms with Gasteiger partial charge in [0.2, 0.25) is 0 Å². The lowest BCUT2D eigenvalue weighted by Gasteiger charge is -1.88. The van der Waals surface area contributed by atoms with Gasteiger partial charge in [-0.1, -0.05) is 6.08 Å². The fourth-order valence-electron chi connectivity index (χ4n) is 1.19. The van der Waals surface area contributed by atoms with Crippen LogP contribution in [0.1, 0.15) is 21.7 Å². The summed E-state index contributed by atoms with van der Waals surface area (Å²) < 4.78 is 0. The van der Waals surface area contributed by atoms with Gasteiger partial charge in [0, 0.05) is 5.56 Å². The van der Waals surface area contributed by atoms with Crippen molar-refractivity contribution in [2.45, 2.75) is 6.42 Å². The third-order valence-electron chi connectivity index (χ3n) is 1.71. The van der Waals surface area contributed by atoms with Crippen molar-refractivity contribution in [1.82, 2.24) is 10.2 Å². The van der Waals surface area contributed by atoms with Crippen LogP contribution in [0.2, 0.25) is 0 Å². The summed E-state index contributed by atoms with van der Waals surface area (Å²) in [6.07, 6.45) is 4.43. The van der Waals surface area contributed by atoms with E-state index in [1.807, 2.05) is 12.2 Å². The molecule has 0 saturated carbocycles. The Bertz CT molecular complexity index is 338. The maximum Gasteiger partial charge on any atom is 0.356 e. The molecule has 0 unspecified atom stereocenters. The van der Waals surface area contributed by atoms with Crippen molar-refractivity contribution in [1.29, 1.82) is 0 Å². The van der Waals surface area contributed by atoms with E-state index in [1.54, 1.807) is 0 Å². The largest absolute Gasteiger partial charge is 0.476 e. The zero-order valence-corrected chi connectivity index (χ0v) is 5.66. The Morgan fingerprint density at radius 1 is 1.73 bits per heavy atom. The topological polar surface area (TPSA) is 66.0 Å². The summed E-state index contributed by atoms with van der Waals surface area (Å²) >= 11 is 0. The number of hydrogen-bond donors (Lipinski definition) is 2. The molecule has 0 aliphatic heterocycles. The molecule has 56 valence electrons. The molecule has 1 aromatic heterocycles. The molecule has 2 N–H and O–H groups in total. The lowest BCUT2D eigenvalue weighted by atomic mass is 10.2. The molecule has 1 heterocycles. The molecule has 0 spiro atoms. The fourth-order valence-corrected chi connectivity index (χ4v) is 1.19. The first-order valence-electron chi connectivity index (χ1n) is 3.26. The highest BCUT2D eigenvalue weighted by atomic mass is 16.4. The van der Waals surface area contributed by atoms with E-state index in [9.17, 15) is 4.79 Å². The van der Waals surface area contributed by atoms with E-state index in [0.717, 1.165) is 11.3 Å². The van der Waals surface area contributed by atoms with Crippen LogP contribution < -0.4 is 0 Å². The van der Waals surface area contributed by atoms with Crippen molar-refractivity contribution in [3.05, 3.63) is 23.0 Å².